The number of nitrogens with one attached hydrogen (secondary N) is 1. The number of anilines is 2. The Bertz CT molecular complexity index is 550. The van der Waals surface area contributed by atoms with Crippen molar-refractivity contribution in [3.63, 3.8) is 0 Å². The average molecular weight is 276 g/mol. The zero-order chi connectivity index (χ0) is 13.8. The lowest BCUT2D eigenvalue weighted by molar-refractivity contribution is 0.861. The van der Waals surface area contributed by atoms with E-state index in [0.717, 1.165) is 24.2 Å². The topological polar surface area (TPSA) is 63.8 Å². The second kappa shape index (κ2) is 6.02. The number of aryl methyl sites for hydroxylation is 1. The molecule has 5 heteroatoms. The van der Waals surface area contributed by atoms with Gasteiger partial charge in [-0.15, -0.1) is 11.3 Å². The second-order valence-corrected chi connectivity index (χ2v) is 5.97. The molecular formula is C14H20N4S. The Kier molecular flexibility index (Phi) is 4.37. The fourth-order valence-corrected chi connectivity index (χ4v) is 2.89. The van der Waals surface area contributed by atoms with Crippen LogP contribution in [0, 0.1) is 6.92 Å². The van der Waals surface area contributed by atoms with Gasteiger partial charge in [-0.25, -0.2) is 9.97 Å². The Morgan fingerprint density at radius 3 is 2.79 bits per heavy atom. The summed E-state index contributed by atoms with van der Waals surface area (Å²) in [4.78, 5) is 11.0. The van der Waals surface area contributed by atoms with Crippen molar-refractivity contribution < 1.29 is 0 Å². The van der Waals surface area contributed by atoms with Gasteiger partial charge in [0.1, 0.15) is 18.0 Å². The number of thiophene rings is 1. The maximum absolute atomic E-state index is 5.94. The SMILES string of the molecule is CCCc1c(N)ncnc1NC(C)c1ccc(C)s1. The maximum atomic E-state index is 5.94. The molecule has 1 unspecified atom stereocenters. The standard InChI is InChI=1S/C14H20N4S/c1-4-5-11-13(15)16-8-17-14(11)18-10(3)12-7-6-9(2)19-12/h6-8,10H,4-5H2,1-3H3,(H3,15,16,17,18). The summed E-state index contributed by atoms with van der Waals surface area (Å²) in [6, 6.07) is 4.52. The molecule has 19 heavy (non-hydrogen) atoms. The lowest BCUT2D eigenvalue weighted by Gasteiger charge is -2.16. The second-order valence-electron chi connectivity index (χ2n) is 4.65. The van der Waals surface area contributed by atoms with E-state index in [4.69, 9.17) is 5.73 Å². The predicted molar refractivity (Wildman–Crippen MR) is 81.5 cm³/mol. The van der Waals surface area contributed by atoms with E-state index >= 15 is 0 Å². The van der Waals surface area contributed by atoms with E-state index in [1.165, 1.54) is 16.1 Å². The normalized spacial score (nSPS) is 12.4. The molecule has 1 atom stereocenters. The van der Waals surface area contributed by atoms with E-state index in [1.54, 1.807) is 11.3 Å². The first-order chi connectivity index (χ1) is 9.11. The minimum atomic E-state index is 0.226. The highest BCUT2D eigenvalue weighted by Crippen LogP contribution is 2.27. The van der Waals surface area contributed by atoms with Gasteiger partial charge >= 0.3 is 0 Å². The van der Waals surface area contributed by atoms with Gasteiger partial charge in [0.05, 0.1) is 6.04 Å². The molecule has 0 aliphatic carbocycles. The van der Waals surface area contributed by atoms with E-state index in [1.807, 2.05) is 0 Å². The number of nitrogens with two attached hydrogens (primary N) is 1. The van der Waals surface area contributed by atoms with Crippen LogP contribution in [0.3, 0.4) is 0 Å². The molecule has 0 saturated heterocycles. The van der Waals surface area contributed by atoms with E-state index in [9.17, 15) is 0 Å². The molecule has 0 aliphatic heterocycles. The van der Waals surface area contributed by atoms with Crippen LogP contribution < -0.4 is 11.1 Å². The third kappa shape index (κ3) is 3.23. The zero-order valence-corrected chi connectivity index (χ0v) is 12.4. The van der Waals surface area contributed by atoms with E-state index in [2.05, 4.69) is 48.2 Å². The smallest absolute Gasteiger partial charge is 0.135 e. The summed E-state index contributed by atoms with van der Waals surface area (Å²) in [5, 5.41) is 3.45. The molecule has 102 valence electrons. The van der Waals surface area contributed by atoms with Gasteiger partial charge in [0.25, 0.3) is 0 Å². The Morgan fingerprint density at radius 2 is 2.16 bits per heavy atom. The summed E-state index contributed by atoms with van der Waals surface area (Å²) in [5.41, 5.74) is 6.96. The van der Waals surface area contributed by atoms with Gasteiger partial charge in [-0.05, 0) is 32.4 Å². The zero-order valence-electron chi connectivity index (χ0n) is 11.6. The van der Waals surface area contributed by atoms with Gasteiger partial charge in [0.15, 0.2) is 0 Å². The van der Waals surface area contributed by atoms with Crippen LogP contribution >= 0.6 is 11.3 Å². The first kappa shape index (κ1) is 13.8. The van der Waals surface area contributed by atoms with Gasteiger partial charge in [-0.2, -0.15) is 0 Å². The van der Waals surface area contributed by atoms with Crippen molar-refractivity contribution in [2.75, 3.05) is 11.1 Å². The Labute approximate surface area is 118 Å². The Morgan fingerprint density at radius 1 is 1.37 bits per heavy atom. The molecule has 0 aliphatic rings. The molecule has 2 rings (SSSR count). The number of hydrogen-bond acceptors (Lipinski definition) is 5. The highest BCUT2D eigenvalue weighted by Gasteiger charge is 2.13. The third-order valence-corrected chi connectivity index (χ3v) is 4.20. The summed E-state index contributed by atoms with van der Waals surface area (Å²) < 4.78 is 0. The summed E-state index contributed by atoms with van der Waals surface area (Å²) in [6.07, 6.45) is 3.44. The summed E-state index contributed by atoms with van der Waals surface area (Å²) >= 11 is 1.80. The molecular weight excluding hydrogens is 256 g/mol. The average Bonchev–Trinajstić information content (AvgIpc) is 2.80. The van der Waals surface area contributed by atoms with Crippen molar-refractivity contribution in [1.82, 2.24) is 9.97 Å². The highest BCUT2D eigenvalue weighted by molar-refractivity contribution is 7.12. The van der Waals surface area contributed by atoms with Crippen molar-refractivity contribution in [2.45, 2.75) is 39.7 Å². The number of nitrogens with zero attached hydrogens (tertiary/aromatic N) is 2. The maximum Gasteiger partial charge on any atom is 0.135 e. The molecule has 2 heterocycles. The van der Waals surface area contributed by atoms with E-state index in [0.29, 0.717) is 5.82 Å². The molecule has 4 nitrogen and oxygen atoms in total. The molecule has 2 aromatic rings. The summed E-state index contributed by atoms with van der Waals surface area (Å²) in [6.45, 7) is 6.38. The minimum Gasteiger partial charge on any atom is -0.383 e. The molecule has 0 fully saturated rings. The van der Waals surface area contributed by atoms with Crippen LogP contribution in [0.25, 0.3) is 0 Å². The molecule has 0 saturated carbocycles. The number of rotatable bonds is 5. The van der Waals surface area contributed by atoms with Crippen LogP contribution in [0.5, 0.6) is 0 Å². The molecule has 2 aromatic heterocycles. The fraction of sp³-hybridized carbons (Fsp3) is 0.429. The Balaban J connectivity index is 2.21. The number of nitrogen functional groups attached to an aromatic ring is 1. The molecule has 0 radical (unpaired) electrons. The van der Waals surface area contributed by atoms with Crippen molar-refractivity contribution in [2.24, 2.45) is 0 Å². The summed E-state index contributed by atoms with van der Waals surface area (Å²) in [5.74, 6) is 1.43. The van der Waals surface area contributed by atoms with Crippen LogP contribution in [-0.4, -0.2) is 9.97 Å². The van der Waals surface area contributed by atoms with Crippen LogP contribution in [0.15, 0.2) is 18.5 Å². The molecule has 3 N–H and O–H groups in total. The van der Waals surface area contributed by atoms with Gasteiger partial charge < -0.3 is 11.1 Å². The predicted octanol–water partition coefficient (Wildman–Crippen LogP) is 3.55. The molecule has 0 aromatic carbocycles. The quantitative estimate of drug-likeness (QED) is 0.876. The van der Waals surface area contributed by atoms with Crippen LogP contribution in [0.2, 0.25) is 0 Å². The molecule has 0 bridgehead atoms. The van der Waals surface area contributed by atoms with Crippen molar-refractivity contribution in [3.8, 4) is 0 Å². The monoisotopic (exact) mass is 276 g/mol. The first-order valence-electron chi connectivity index (χ1n) is 6.54. The van der Waals surface area contributed by atoms with Crippen LogP contribution in [0.1, 0.15) is 41.6 Å². The lowest BCUT2D eigenvalue weighted by atomic mass is 10.1. The van der Waals surface area contributed by atoms with Gasteiger partial charge in [-0.3, -0.25) is 0 Å². The Hall–Kier alpha value is -1.62. The fourth-order valence-electron chi connectivity index (χ4n) is 2.01. The minimum absolute atomic E-state index is 0.226. The van der Waals surface area contributed by atoms with Crippen molar-refractivity contribution in [3.05, 3.63) is 33.8 Å². The third-order valence-electron chi connectivity index (χ3n) is 3.02. The van der Waals surface area contributed by atoms with E-state index in [-0.39, 0.29) is 6.04 Å². The first-order valence-corrected chi connectivity index (χ1v) is 7.35. The summed E-state index contributed by atoms with van der Waals surface area (Å²) in [7, 11) is 0. The van der Waals surface area contributed by atoms with Gasteiger partial charge in [-0.1, -0.05) is 13.3 Å². The van der Waals surface area contributed by atoms with Crippen molar-refractivity contribution >= 4 is 23.0 Å². The van der Waals surface area contributed by atoms with Gasteiger partial charge in [0.2, 0.25) is 0 Å². The largest absolute Gasteiger partial charge is 0.383 e. The molecule has 0 spiro atoms. The highest BCUT2D eigenvalue weighted by atomic mass is 32.1. The lowest BCUT2D eigenvalue weighted by Crippen LogP contribution is -2.11. The van der Waals surface area contributed by atoms with E-state index < -0.39 is 0 Å². The molecule has 0 amide bonds. The van der Waals surface area contributed by atoms with Crippen molar-refractivity contribution in [1.29, 1.82) is 0 Å². The van der Waals surface area contributed by atoms with Gasteiger partial charge in [0, 0.05) is 15.3 Å². The van der Waals surface area contributed by atoms with Crippen LogP contribution in [0.4, 0.5) is 11.6 Å². The number of hydrogen-bond donors (Lipinski definition) is 2. The van der Waals surface area contributed by atoms with Crippen LogP contribution in [-0.2, 0) is 6.42 Å². The number of aromatic nitrogens is 2.